The first-order valence-corrected chi connectivity index (χ1v) is 5.91. The Morgan fingerprint density at radius 2 is 1.88 bits per heavy atom. The highest BCUT2D eigenvalue weighted by Crippen LogP contribution is 2.26. The lowest BCUT2D eigenvalue weighted by molar-refractivity contribution is -0.142. The maximum atomic E-state index is 12.1. The summed E-state index contributed by atoms with van der Waals surface area (Å²) in [5.41, 5.74) is 5.60. The minimum atomic E-state index is -0.836. The lowest BCUT2D eigenvalue weighted by Gasteiger charge is -2.29. The number of carbonyl (C=O) groups excluding carboxylic acids is 1. The van der Waals surface area contributed by atoms with Crippen molar-refractivity contribution in [3.63, 3.8) is 0 Å². The third-order valence-electron chi connectivity index (χ3n) is 3.44. The molecule has 0 aromatic rings. The molecule has 0 aromatic heterocycles. The maximum Gasteiger partial charge on any atom is 0.308 e. The average molecular weight is 242 g/mol. The quantitative estimate of drug-likeness (QED) is 0.740. The van der Waals surface area contributed by atoms with Crippen molar-refractivity contribution >= 4 is 11.9 Å². The second-order valence-corrected chi connectivity index (χ2v) is 6.01. The van der Waals surface area contributed by atoms with E-state index in [1.54, 1.807) is 4.90 Å². The summed E-state index contributed by atoms with van der Waals surface area (Å²) in [7, 11) is 0. The molecule has 0 aromatic carbocycles. The molecule has 3 N–H and O–H groups in total. The van der Waals surface area contributed by atoms with Crippen molar-refractivity contribution in [2.75, 3.05) is 13.1 Å². The number of hydrogen-bond donors (Lipinski definition) is 2. The van der Waals surface area contributed by atoms with Crippen LogP contribution in [0.15, 0.2) is 0 Å². The van der Waals surface area contributed by atoms with Gasteiger partial charge in [0.2, 0.25) is 5.91 Å². The van der Waals surface area contributed by atoms with Gasteiger partial charge in [0, 0.05) is 13.1 Å². The van der Waals surface area contributed by atoms with Gasteiger partial charge in [-0.1, -0.05) is 27.7 Å². The minimum absolute atomic E-state index is 0.0105. The molecule has 5 nitrogen and oxygen atoms in total. The molecule has 1 amide bonds. The van der Waals surface area contributed by atoms with Crippen LogP contribution in [0.25, 0.3) is 0 Å². The number of likely N-dealkylation sites (tertiary alicyclic amines) is 1. The van der Waals surface area contributed by atoms with E-state index in [1.807, 2.05) is 27.7 Å². The number of hydrogen-bond acceptors (Lipinski definition) is 3. The fraction of sp³-hybridized carbons (Fsp3) is 0.833. The Balaban J connectivity index is 2.71. The summed E-state index contributed by atoms with van der Waals surface area (Å²) in [5, 5.41) is 9.01. The fourth-order valence-electron chi connectivity index (χ4n) is 2.04. The summed E-state index contributed by atoms with van der Waals surface area (Å²) in [6.07, 6.45) is 0. The van der Waals surface area contributed by atoms with E-state index in [9.17, 15) is 9.59 Å². The van der Waals surface area contributed by atoms with Crippen LogP contribution in [0.2, 0.25) is 0 Å². The third-order valence-corrected chi connectivity index (χ3v) is 3.44. The Morgan fingerprint density at radius 1 is 1.35 bits per heavy atom. The van der Waals surface area contributed by atoms with Gasteiger partial charge in [-0.3, -0.25) is 9.59 Å². The highest BCUT2D eigenvalue weighted by Gasteiger charge is 2.40. The van der Waals surface area contributed by atoms with Crippen LogP contribution >= 0.6 is 0 Å². The molecule has 0 spiro atoms. The zero-order chi connectivity index (χ0) is 13.4. The van der Waals surface area contributed by atoms with Gasteiger partial charge in [0.25, 0.3) is 0 Å². The standard InChI is InChI=1S/C12H22N2O3/c1-7-5-14(6-8(7)11(16)17)10(15)9(13)12(2,3)4/h7-9H,5-6,13H2,1-4H3,(H,16,17)/t7-,8-,9?/m1/s1. The van der Waals surface area contributed by atoms with Crippen LogP contribution in [-0.4, -0.2) is 41.0 Å². The Hall–Kier alpha value is -1.10. The van der Waals surface area contributed by atoms with Crippen molar-refractivity contribution in [3.8, 4) is 0 Å². The van der Waals surface area contributed by atoms with Gasteiger partial charge >= 0.3 is 5.97 Å². The average Bonchev–Trinajstić information content (AvgIpc) is 2.56. The van der Waals surface area contributed by atoms with E-state index in [-0.39, 0.29) is 23.8 Å². The maximum absolute atomic E-state index is 12.1. The van der Waals surface area contributed by atoms with E-state index >= 15 is 0 Å². The van der Waals surface area contributed by atoms with Crippen LogP contribution in [0.4, 0.5) is 0 Å². The van der Waals surface area contributed by atoms with Crippen LogP contribution in [0.1, 0.15) is 27.7 Å². The second kappa shape index (κ2) is 4.64. The molecule has 1 aliphatic heterocycles. The molecule has 1 fully saturated rings. The van der Waals surface area contributed by atoms with Crippen molar-refractivity contribution in [1.82, 2.24) is 4.90 Å². The Bertz CT molecular complexity index is 322. The smallest absolute Gasteiger partial charge is 0.308 e. The normalized spacial score (nSPS) is 27.0. The second-order valence-electron chi connectivity index (χ2n) is 6.01. The molecule has 1 aliphatic rings. The van der Waals surface area contributed by atoms with E-state index in [1.165, 1.54) is 0 Å². The molecule has 0 aliphatic carbocycles. The molecule has 0 radical (unpaired) electrons. The minimum Gasteiger partial charge on any atom is -0.481 e. The Kier molecular flexibility index (Phi) is 3.81. The first kappa shape index (κ1) is 14.0. The molecule has 3 atom stereocenters. The van der Waals surface area contributed by atoms with E-state index < -0.39 is 17.9 Å². The number of carbonyl (C=O) groups is 2. The van der Waals surface area contributed by atoms with Gasteiger partial charge in [0.1, 0.15) is 0 Å². The molecular formula is C12H22N2O3. The summed E-state index contributed by atoms with van der Waals surface area (Å²) in [6, 6.07) is -0.581. The topological polar surface area (TPSA) is 83.6 Å². The largest absolute Gasteiger partial charge is 0.481 e. The van der Waals surface area contributed by atoms with Crippen LogP contribution in [0.5, 0.6) is 0 Å². The van der Waals surface area contributed by atoms with E-state index in [4.69, 9.17) is 10.8 Å². The molecular weight excluding hydrogens is 220 g/mol. The van der Waals surface area contributed by atoms with Gasteiger partial charge in [-0.05, 0) is 11.3 Å². The third kappa shape index (κ3) is 2.97. The first-order valence-electron chi connectivity index (χ1n) is 5.91. The van der Waals surface area contributed by atoms with Gasteiger partial charge in [-0.25, -0.2) is 0 Å². The summed E-state index contributed by atoms with van der Waals surface area (Å²) in [4.78, 5) is 24.7. The van der Waals surface area contributed by atoms with Crippen molar-refractivity contribution in [3.05, 3.63) is 0 Å². The number of nitrogens with zero attached hydrogens (tertiary/aromatic N) is 1. The molecule has 98 valence electrons. The summed E-state index contributed by atoms with van der Waals surface area (Å²) < 4.78 is 0. The predicted octanol–water partition coefficient (Wildman–Crippen LogP) is 0.539. The summed E-state index contributed by atoms with van der Waals surface area (Å²) >= 11 is 0. The van der Waals surface area contributed by atoms with Gasteiger partial charge < -0.3 is 15.7 Å². The Morgan fingerprint density at radius 3 is 2.24 bits per heavy atom. The molecule has 1 saturated heterocycles. The molecule has 0 saturated carbocycles. The highest BCUT2D eigenvalue weighted by molar-refractivity contribution is 5.84. The van der Waals surface area contributed by atoms with Crippen LogP contribution in [0, 0.1) is 17.3 Å². The number of aliphatic carboxylic acids is 1. The first-order chi connectivity index (χ1) is 7.64. The number of carboxylic acids is 1. The van der Waals surface area contributed by atoms with E-state index in [0.29, 0.717) is 6.54 Å². The molecule has 1 unspecified atom stereocenters. The fourth-order valence-corrected chi connectivity index (χ4v) is 2.04. The molecule has 1 heterocycles. The van der Waals surface area contributed by atoms with Gasteiger partial charge in [-0.15, -0.1) is 0 Å². The Labute approximate surface area is 102 Å². The number of nitrogens with two attached hydrogens (primary N) is 1. The molecule has 17 heavy (non-hydrogen) atoms. The summed E-state index contributed by atoms with van der Waals surface area (Å²) in [5.74, 6) is -1.46. The van der Waals surface area contributed by atoms with Crippen molar-refractivity contribution in [2.45, 2.75) is 33.7 Å². The lowest BCUT2D eigenvalue weighted by Crippen LogP contribution is -2.49. The van der Waals surface area contributed by atoms with Crippen molar-refractivity contribution in [1.29, 1.82) is 0 Å². The number of rotatable bonds is 2. The van der Waals surface area contributed by atoms with Crippen molar-refractivity contribution < 1.29 is 14.7 Å². The van der Waals surface area contributed by atoms with Gasteiger partial charge in [0.15, 0.2) is 0 Å². The SMILES string of the molecule is C[C@@H]1CN(C(=O)C(N)C(C)(C)C)C[C@H]1C(=O)O. The predicted molar refractivity (Wildman–Crippen MR) is 64.3 cm³/mol. The molecule has 1 rings (SSSR count). The van der Waals surface area contributed by atoms with E-state index in [2.05, 4.69) is 0 Å². The van der Waals surface area contributed by atoms with Crippen LogP contribution < -0.4 is 5.73 Å². The van der Waals surface area contributed by atoms with Gasteiger partial charge in [0.05, 0.1) is 12.0 Å². The van der Waals surface area contributed by atoms with Crippen LogP contribution in [-0.2, 0) is 9.59 Å². The summed E-state index contributed by atoms with van der Waals surface area (Å²) in [6.45, 7) is 8.34. The zero-order valence-electron chi connectivity index (χ0n) is 10.9. The molecule has 5 heteroatoms. The van der Waals surface area contributed by atoms with E-state index in [0.717, 1.165) is 0 Å². The highest BCUT2D eigenvalue weighted by atomic mass is 16.4. The van der Waals surface area contributed by atoms with Crippen molar-refractivity contribution in [2.24, 2.45) is 23.0 Å². The van der Waals surface area contributed by atoms with Gasteiger partial charge in [-0.2, -0.15) is 0 Å². The number of carboxylic acid groups (broad SMARTS) is 1. The monoisotopic (exact) mass is 242 g/mol. The lowest BCUT2D eigenvalue weighted by atomic mass is 9.86. The molecule has 0 bridgehead atoms. The zero-order valence-corrected chi connectivity index (χ0v) is 10.9. The van der Waals surface area contributed by atoms with Crippen LogP contribution in [0.3, 0.4) is 0 Å². The number of amides is 1.